The van der Waals surface area contributed by atoms with Crippen LogP contribution in [-0.2, 0) is 0 Å². The van der Waals surface area contributed by atoms with E-state index >= 15 is 0 Å². The Morgan fingerprint density at radius 2 is 2.00 bits per heavy atom. The maximum Gasteiger partial charge on any atom is 0.136 e. The highest BCUT2D eigenvalue weighted by Crippen LogP contribution is 2.38. The highest BCUT2D eigenvalue weighted by Gasteiger charge is 2.07. The molecule has 0 amide bonds. The van der Waals surface area contributed by atoms with Crippen LogP contribution in [0.3, 0.4) is 0 Å². The standard InChI is InChI=1S/C6H3IOS2/c7-3-1-9-6-5(3)4(8)2-10-6/h1-2,8H. The van der Waals surface area contributed by atoms with Crippen molar-refractivity contribution in [2.75, 3.05) is 0 Å². The van der Waals surface area contributed by atoms with Crippen molar-refractivity contribution in [2.24, 2.45) is 0 Å². The summed E-state index contributed by atoms with van der Waals surface area (Å²) in [6.45, 7) is 0. The van der Waals surface area contributed by atoms with Crippen LogP contribution in [0.4, 0.5) is 0 Å². The summed E-state index contributed by atoms with van der Waals surface area (Å²) in [4.78, 5) is 0. The van der Waals surface area contributed by atoms with E-state index in [1.807, 2.05) is 0 Å². The first-order valence-corrected chi connectivity index (χ1v) is 5.46. The summed E-state index contributed by atoms with van der Waals surface area (Å²) < 4.78 is 2.36. The van der Waals surface area contributed by atoms with Gasteiger partial charge in [0.25, 0.3) is 0 Å². The first kappa shape index (κ1) is 6.87. The number of hydrogen-bond donors (Lipinski definition) is 1. The first-order chi connectivity index (χ1) is 4.79. The Morgan fingerprint density at radius 1 is 1.30 bits per heavy atom. The van der Waals surface area contributed by atoms with Crippen LogP contribution in [0.25, 0.3) is 9.40 Å². The Balaban J connectivity index is 2.98. The second kappa shape index (κ2) is 2.35. The van der Waals surface area contributed by atoms with Gasteiger partial charge in [0, 0.05) is 14.3 Å². The molecule has 1 N–H and O–H groups in total. The number of rotatable bonds is 0. The topological polar surface area (TPSA) is 20.2 Å². The number of fused-ring (bicyclic) bond motifs is 1. The van der Waals surface area contributed by atoms with Gasteiger partial charge in [-0.15, -0.1) is 22.7 Å². The van der Waals surface area contributed by atoms with E-state index in [0.29, 0.717) is 5.75 Å². The molecule has 2 aromatic rings. The quantitative estimate of drug-likeness (QED) is 0.735. The van der Waals surface area contributed by atoms with E-state index in [-0.39, 0.29) is 0 Å². The van der Waals surface area contributed by atoms with Crippen LogP contribution in [0.2, 0.25) is 0 Å². The number of thiophene rings is 2. The molecule has 0 bridgehead atoms. The van der Waals surface area contributed by atoms with Crippen molar-refractivity contribution in [2.45, 2.75) is 0 Å². The molecule has 0 aliphatic rings. The molecule has 2 aromatic heterocycles. The first-order valence-electron chi connectivity index (χ1n) is 2.62. The summed E-state index contributed by atoms with van der Waals surface area (Å²) in [5, 5.41) is 14.2. The molecule has 0 fully saturated rings. The molecule has 1 nitrogen and oxygen atoms in total. The molecule has 2 heterocycles. The van der Waals surface area contributed by atoms with Gasteiger partial charge in [0.05, 0.1) is 9.40 Å². The maximum atomic E-state index is 9.29. The van der Waals surface area contributed by atoms with Crippen molar-refractivity contribution in [1.29, 1.82) is 0 Å². The monoisotopic (exact) mass is 282 g/mol. The van der Waals surface area contributed by atoms with Gasteiger partial charge in [-0.2, -0.15) is 0 Å². The van der Waals surface area contributed by atoms with Gasteiger partial charge >= 0.3 is 0 Å². The van der Waals surface area contributed by atoms with Crippen LogP contribution in [-0.4, -0.2) is 5.11 Å². The predicted octanol–water partition coefficient (Wildman–Crippen LogP) is 3.27. The molecule has 0 aliphatic heterocycles. The molecule has 0 saturated carbocycles. The highest BCUT2D eigenvalue weighted by atomic mass is 127. The molecule has 2 rings (SSSR count). The molecular formula is C6H3IOS2. The second-order valence-electron chi connectivity index (χ2n) is 1.87. The SMILES string of the molecule is Oc1csc2scc(I)c12. The summed E-state index contributed by atoms with van der Waals surface area (Å²) in [5.74, 6) is 0.422. The fourth-order valence-electron chi connectivity index (χ4n) is 0.802. The average Bonchev–Trinajstić information content (AvgIpc) is 2.40. The van der Waals surface area contributed by atoms with Gasteiger partial charge in [-0.3, -0.25) is 0 Å². The van der Waals surface area contributed by atoms with Crippen LogP contribution in [0.5, 0.6) is 5.75 Å². The number of halogens is 1. The van der Waals surface area contributed by atoms with Crippen LogP contribution in [0, 0.1) is 3.57 Å². The van der Waals surface area contributed by atoms with Crippen molar-refractivity contribution < 1.29 is 5.11 Å². The molecule has 52 valence electrons. The average molecular weight is 282 g/mol. The van der Waals surface area contributed by atoms with Crippen LogP contribution >= 0.6 is 45.3 Å². The van der Waals surface area contributed by atoms with Crippen LogP contribution in [0.1, 0.15) is 0 Å². The van der Waals surface area contributed by atoms with Crippen LogP contribution < -0.4 is 0 Å². The molecule has 0 saturated heterocycles. The van der Waals surface area contributed by atoms with Crippen molar-refractivity contribution in [3.05, 3.63) is 14.3 Å². The number of aromatic hydroxyl groups is 1. The van der Waals surface area contributed by atoms with Gasteiger partial charge in [0.2, 0.25) is 0 Å². The second-order valence-corrected chi connectivity index (χ2v) is 5.05. The molecule has 10 heavy (non-hydrogen) atoms. The fraction of sp³-hybridized carbons (Fsp3) is 0. The molecule has 4 heteroatoms. The Kier molecular flexibility index (Phi) is 1.62. The fourth-order valence-corrected chi connectivity index (χ4v) is 3.94. The number of hydrogen-bond acceptors (Lipinski definition) is 3. The third-order valence-corrected chi connectivity index (χ3v) is 4.63. The van der Waals surface area contributed by atoms with Gasteiger partial charge < -0.3 is 5.11 Å². The van der Waals surface area contributed by atoms with E-state index in [9.17, 15) is 5.11 Å². The zero-order chi connectivity index (χ0) is 7.14. The van der Waals surface area contributed by atoms with E-state index < -0.39 is 0 Å². The van der Waals surface area contributed by atoms with Crippen LogP contribution in [0.15, 0.2) is 10.8 Å². The summed E-state index contributed by atoms with van der Waals surface area (Å²) in [5.41, 5.74) is 0. The molecular weight excluding hydrogens is 279 g/mol. The zero-order valence-electron chi connectivity index (χ0n) is 4.80. The molecule has 0 atom stereocenters. The lowest BCUT2D eigenvalue weighted by Crippen LogP contribution is -1.58. The normalized spacial score (nSPS) is 10.9. The van der Waals surface area contributed by atoms with E-state index in [0.717, 1.165) is 8.96 Å². The predicted molar refractivity (Wildman–Crippen MR) is 54.1 cm³/mol. The summed E-state index contributed by atoms with van der Waals surface area (Å²) in [7, 11) is 0. The van der Waals surface area contributed by atoms with Crippen molar-refractivity contribution in [1.82, 2.24) is 0 Å². The summed E-state index contributed by atoms with van der Waals surface area (Å²) in [6, 6.07) is 0. The van der Waals surface area contributed by atoms with Gasteiger partial charge in [0.15, 0.2) is 0 Å². The third kappa shape index (κ3) is 0.860. The Hall–Kier alpha value is 0.190. The van der Waals surface area contributed by atoms with E-state index in [4.69, 9.17) is 0 Å². The minimum absolute atomic E-state index is 0.422. The lowest BCUT2D eigenvalue weighted by Gasteiger charge is -1.82. The smallest absolute Gasteiger partial charge is 0.136 e. The Labute approximate surface area is 79.4 Å². The largest absolute Gasteiger partial charge is 0.506 e. The van der Waals surface area contributed by atoms with E-state index in [2.05, 4.69) is 28.0 Å². The minimum Gasteiger partial charge on any atom is -0.506 e. The van der Waals surface area contributed by atoms with Gasteiger partial charge in [-0.25, -0.2) is 0 Å². The van der Waals surface area contributed by atoms with E-state index in [1.54, 1.807) is 28.1 Å². The van der Waals surface area contributed by atoms with E-state index in [1.165, 1.54) is 4.01 Å². The Morgan fingerprint density at radius 3 is 2.70 bits per heavy atom. The van der Waals surface area contributed by atoms with Crippen molar-refractivity contribution in [3.8, 4) is 5.75 Å². The van der Waals surface area contributed by atoms with Gasteiger partial charge in [-0.05, 0) is 22.6 Å². The third-order valence-electron chi connectivity index (χ3n) is 1.25. The molecule has 0 aliphatic carbocycles. The lowest BCUT2D eigenvalue weighted by molar-refractivity contribution is 0.483. The van der Waals surface area contributed by atoms with Crippen molar-refractivity contribution >= 4 is 54.7 Å². The molecule has 0 spiro atoms. The van der Waals surface area contributed by atoms with Gasteiger partial charge in [-0.1, -0.05) is 0 Å². The molecule has 0 radical (unpaired) electrons. The lowest BCUT2D eigenvalue weighted by atomic mass is 10.4. The molecule has 0 unspecified atom stereocenters. The summed E-state index contributed by atoms with van der Waals surface area (Å²) >= 11 is 5.52. The Bertz CT molecular complexity index is 331. The highest BCUT2D eigenvalue weighted by molar-refractivity contribution is 14.1. The van der Waals surface area contributed by atoms with Gasteiger partial charge in [0.1, 0.15) is 5.75 Å². The maximum absolute atomic E-state index is 9.29. The summed E-state index contributed by atoms with van der Waals surface area (Å²) in [6.07, 6.45) is 0. The minimum atomic E-state index is 0.422. The van der Waals surface area contributed by atoms with Crippen molar-refractivity contribution in [3.63, 3.8) is 0 Å². The molecule has 0 aromatic carbocycles. The zero-order valence-corrected chi connectivity index (χ0v) is 8.59.